The number of esters is 1. The third kappa shape index (κ3) is 17.7. The highest BCUT2D eigenvalue weighted by molar-refractivity contribution is 5.95. The molecule has 0 saturated heterocycles. The molecule has 2 aromatic rings. The Balaban J connectivity index is 2.24. The smallest absolute Gasteiger partial charge is 0.407 e. The molecule has 2 aromatic carbocycles. The van der Waals surface area contributed by atoms with Gasteiger partial charge in [-0.3, -0.25) is 14.4 Å². The molecule has 0 saturated carbocycles. The Labute approximate surface area is 392 Å². The zero-order valence-electron chi connectivity index (χ0n) is 40.9. The van der Waals surface area contributed by atoms with Gasteiger partial charge >= 0.3 is 24.2 Å². The molecule has 1 aliphatic rings. The minimum atomic E-state index is -1.43. The van der Waals surface area contributed by atoms with E-state index in [-0.39, 0.29) is 68.5 Å². The number of carbonyl (C=O) groups is 7. The van der Waals surface area contributed by atoms with Gasteiger partial charge in [-0.2, -0.15) is 0 Å². The molecule has 0 spiro atoms. The number of fused-ring (bicyclic) bond motifs is 5. The summed E-state index contributed by atoms with van der Waals surface area (Å²) in [7, 11) is 3.94. The predicted octanol–water partition coefficient (Wildman–Crippen LogP) is 3.63. The molecular formula is C46H69N7O14. The Hall–Kier alpha value is -6.51. The van der Waals surface area contributed by atoms with Gasteiger partial charge in [0.15, 0.2) is 11.5 Å². The first-order valence-electron chi connectivity index (χ1n) is 21.8. The largest absolute Gasteiger partial charge is 0.492 e. The number of hydrogen-bond donors (Lipinski definition) is 6. The molecule has 4 atom stereocenters. The van der Waals surface area contributed by atoms with Crippen LogP contribution in [0.3, 0.4) is 0 Å². The number of nitrogens with zero attached hydrogens (tertiary/aromatic N) is 1. The SMILES string of the molecule is COC(=O)[C@@H]1Cc2cc(OCCNC(=O)OC(C)(C)C)c(OC)c(c2)-c2cc(ccc2OCCNC(=O)OC(C)(C)C)[C@H](N(C)C(=O)[C@@H](N)CCNC(=O)OC(C)(C)C)C(=O)N[C@@H](C)C(=O)N1. The molecule has 67 heavy (non-hydrogen) atoms. The quantitative estimate of drug-likeness (QED) is 0.0846. The van der Waals surface area contributed by atoms with Gasteiger partial charge in [0.1, 0.15) is 53.9 Å². The van der Waals surface area contributed by atoms with Gasteiger partial charge in [0.2, 0.25) is 17.7 Å². The Morgan fingerprint density at radius 2 is 1.25 bits per heavy atom. The maximum atomic E-state index is 14.4. The van der Waals surface area contributed by atoms with Gasteiger partial charge < -0.3 is 70.4 Å². The third-order valence-corrected chi connectivity index (χ3v) is 9.40. The van der Waals surface area contributed by atoms with Crippen molar-refractivity contribution in [3.63, 3.8) is 0 Å². The van der Waals surface area contributed by atoms with Gasteiger partial charge in [0.25, 0.3) is 0 Å². The number of methoxy groups -OCH3 is 2. The van der Waals surface area contributed by atoms with Crippen molar-refractivity contribution < 1.29 is 66.7 Å². The Morgan fingerprint density at radius 1 is 0.731 bits per heavy atom. The monoisotopic (exact) mass is 943 g/mol. The highest BCUT2D eigenvalue weighted by Crippen LogP contribution is 2.44. The van der Waals surface area contributed by atoms with Crippen LogP contribution in [0.25, 0.3) is 11.1 Å². The molecule has 1 aliphatic heterocycles. The number of ether oxygens (including phenoxy) is 7. The van der Waals surface area contributed by atoms with Crippen molar-refractivity contribution in [2.45, 2.75) is 123 Å². The van der Waals surface area contributed by atoms with E-state index >= 15 is 0 Å². The van der Waals surface area contributed by atoms with Crippen LogP contribution in [0.2, 0.25) is 0 Å². The summed E-state index contributed by atoms with van der Waals surface area (Å²) < 4.78 is 39.5. The standard InChI is InChI=1S/C46H69N7O14/c1-26-37(54)52-32(40(57)62-13)23-27-22-30(36(61-12)34(24-27)64-21-19-50-43(60)67-46(8,9)10)29-25-28(14-15-33(29)63-20-18-49-42(59)66-45(5,6)7)35(38(55)51-26)53(11)39(56)31(47)16-17-48-41(58)65-44(2,3)4/h14-15,22,24-26,31-32,35H,16-21,23,47H2,1-13H3,(H,48,58)(H,49,59)(H,50,60)(H,51,55)(H,52,54)/t26-,31-,32-,35-/m0/s1. The molecule has 21 heteroatoms. The predicted molar refractivity (Wildman–Crippen MR) is 245 cm³/mol. The lowest BCUT2D eigenvalue weighted by atomic mass is 9.93. The lowest BCUT2D eigenvalue weighted by molar-refractivity contribution is -0.145. The van der Waals surface area contributed by atoms with Gasteiger partial charge in [0, 0.05) is 31.1 Å². The van der Waals surface area contributed by atoms with Crippen molar-refractivity contribution in [3.05, 3.63) is 41.5 Å². The van der Waals surface area contributed by atoms with Crippen LogP contribution >= 0.6 is 0 Å². The number of benzene rings is 2. The van der Waals surface area contributed by atoms with E-state index in [0.29, 0.717) is 16.7 Å². The normalized spacial score (nSPS) is 16.9. The minimum Gasteiger partial charge on any atom is -0.492 e. The average Bonchev–Trinajstić information content (AvgIpc) is 3.20. The number of likely N-dealkylation sites (N-methyl/N-ethyl adjacent to an activating group) is 1. The second kappa shape index (κ2) is 23.8. The van der Waals surface area contributed by atoms with E-state index in [1.165, 1.54) is 28.2 Å². The molecular weight excluding hydrogens is 875 g/mol. The van der Waals surface area contributed by atoms with Crippen LogP contribution in [0.4, 0.5) is 14.4 Å². The molecule has 1 heterocycles. The first-order chi connectivity index (χ1) is 31.1. The molecule has 3 rings (SSSR count). The zero-order valence-corrected chi connectivity index (χ0v) is 40.9. The molecule has 0 radical (unpaired) electrons. The van der Waals surface area contributed by atoms with Gasteiger partial charge in [-0.1, -0.05) is 6.07 Å². The van der Waals surface area contributed by atoms with Crippen LogP contribution in [0, 0.1) is 0 Å². The van der Waals surface area contributed by atoms with E-state index in [1.807, 2.05) is 0 Å². The topological polar surface area (TPSA) is 274 Å². The van der Waals surface area contributed by atoms with Crippen LogP contribution in [-0.2, 0) is 44.5 Å². The van der Waals surface area contributed by atoms with Crippen LogP contribution in [0.1, 0.15) is 92.8 Å². The minimum absolute atomic E-state index is 0.0151. The molecule has 372 valence electrons. The molecule has 0 aromatic heterocycles. The van der Waals surface area contributed by atoms with Crippen LogP contribution in [-0.4, -0.2) is 136 Å². The highest BCUT2D eigenvalue weighted by atomic mass is 16.6. The van der Waals surface area contributed by atoms with Gasteiger partial charge in [-0.25, -0.2) is 19.2 Å². The van der Waals surface area contributed by atoms with Gasteiger partial charge in [0.05, 0.1) is 33.4 Å². The lowest BCUT2D eigenvalue weighted by Crippen LogP contribution is -2.54. The van der Waals surface area contributed by atoms with E-state index < -0.39 is 82.9 Å². The molecule has 21 nitrogen and oxygen atoms in total. The highest BCUT2D eigenvalue weighted by Gasteiger charge is 2.35. The first-order valence-corrected chi connectivity index (χ1v) is 21.8. The Kier molecular flexibility index (Phi) is 19.5. The summed E-state index contributed by atoms with van der Waals surface area (Å²) in [5.41, 5.74) is 5.47. The molecule has 0 aliphatic carbocycles. The van der Waals surface area contributed by atoms with Crippen molar-refractivity contribution in [2.75, 3.05) is 54.1 Å². The molecule has 0 fully saturated rings. The number of nitrogens with two attached hydrogens (primary N) is 1. The summed E-state index contributed by atoms with van der Waals surface area (Å²) in [6.45, 7) is 16.8. The molecule has 0 unspecified atom stereocenters. The summed E-state index contributed by atoms with van der Waals surface area (Å²) in [6.07, 6.45) is -2.18. The zero-order chi connectivity index (χ0) is 50.4. The molecule has 4 bridgehead atoms. The van der Waals surface area contributed by atoms with E-state index in [2.05, 4.69) is 26.6 Å². The average molecular weight is 944 g/mol. The van der Waals surface area contributed by atoms with Crippen molar-refractivity contribution >= 4 is 42.0 Å². The fourth-order valence-electron chi connectivity index (χ4n) is 6.54. The second-order valence-electron chi connectivity index (χ2n) is 18.7. The molecule has 7 N–H and O–H groups in total. The summed E-state index contributed by atoms with van der Waals surface area (Å²) in [5, 5.41) is 13.2. The Bertz CT molecular complexity index is 2090. The maximum absolute atomic E-state index is 14.4. The van der Waals surface area contributed by atoms with E-state index in [1.54, 1.807) is 92.6 Å². The van der Waals surface area contributed by atoms with Crippen LogP contribution in [0.5, 0.6) is 17.2 Å². The van der Waals surface area contributed by atoms with Crippen LogP contribution in [0.15, 0.2) is 30.3 Å². The van der Waals surface area contributed by atoms with E-state index in [9.17, 15) is 33.6 Å². The molecule has 6 amide bonds. The number of alkyl carbamates (subject to hydrolysis) is 3. The summed E-state index contributed by atoms with van der Waals surface area (Å²) in [5.74, 6) is -2.43. The van der Waals surface area contributed by atoms with Gasteiger partial charge in [-0.15, -0.1) is 0 Å². The van der Waals surface area contributed by atoms with Gasteiger partial charge in [-0.05, 0) is 111 Å². The van der Waals surface area contributed by atoms with Crippen molar-refractivity contribution in [2.24, 2.45) is 5.73 Å². The van der Waals surface area contributed by atoms with Crippen molar-refractivity contribution in [3.8, 4) is 28.4 Å². The number of carbonyl (C=O) groups excluding carboxylic acids is 7. The number of rotatable bonds is 15. The van der Waals surface area contributed by atoms with E-state index in [4.69, 9.17) is 38.9 Å². The lowest BCUT2D eigenvalue weighted by Gasteiger charge is -2.31. The first kappa shape index (κ1) is 54.8. The van der Waals surface area contributed by atoms with Crippen molar-refractivity contribution in [1.29, 1.82) is 0 Å². The van der Waals surface area contributed by atoms with E-state index in [0.717, 1.165) is 4.90 Å². The third-order valence-electron chi connectivity index (χ3n) is 9.40. The number of nitrogens with one attached hydrogen (secondary N) is 5. The Morgan fingerprint density at radius 3 is 1.76 bits per heavy atom. The second-order valence-corrected chi connectivity index (χ2v) is 18.7. The van der Waals surface area contributed by atoms with Crippen LogP contribution < -0.4 is 46.5 Å². The fourth-order valence-corrected chi connectivity index (χ4v) is 6.54. The summed E-state index contributed by atoms with van der Waals surface area (Å²) in [6, 6.07) is 2.88. The summed E-state index contributed by atoms with van der Waals surface area (Å²) >= 11 is 0. The number of amides is 6. The maximum Gasteiger partial charge on any atom is 0.407 e. The summed E-state index contributed by atoms with van der Waals surface area (Å²) in [4.78, 5) is 93.8. The van der Waals surface area contributed by atoms with Crippen molar-refractivity contribution in [1.82, 2.24) is 31.5 Å². The fraction of sp³-hybridized carbons (Fsp3) is 0.587. The number of hydrogen-bond acceptors (Lipinski definition) is 15.